The molecule has 0 radical (unpaired) electrons. The second-order valence-corrected chi connectivity index (χ2v) is 3.45. The summed E-state index contributed by atoms with van der Waals surface area (Å²) in [4.78, 5) is 11.1. The molecule has 0 atom stereocenters. The van der Waals surface area contributed by atoms with Crippen molar-refractivity contribution in [1.82, 2.24) is 5.32 Å². The first-order valence-corrected chi connectivity index (χ1v) is 4.62. The van der Waals surface area contributed by atoms with E-state index in [0.29, 0.717) is 19.6 Å². The molecule has 0 spiro atoms. The fourth-order valence-corrected chi connectivity index (χ4v) is 1.35. The Bertz CT molecular complexity index is 178. The van der Waals surface area contributed by atoms with E-state index in [1.807, 2.05) is 0 Å². The van der Waals surface area contributed by atoms with E-state index in [4.69, 9.17) is 4.74 Å². The fourth-order valence-electron chi connectivity index (χ4n) is 1.35. The minimum absolute atomic E-state index is 0.150. The van der Waals surface area contributed by atoms with Crippen molar-refractivity contribution in [3.63, 3.8) is 0 Å². The normalized spacial score (nSPS) is 19.2. The van der Waals surface area contributed by atoms with Gasteiger partial charge in [-0.25, -0.2) is 0 Å². The van der Waals surface area contributed by atoms with Crippen LogP contribution in [0.1, 0.15) is 19.8 Å². The van der Waals surface area contributed by atoms with Gasteiger partial charge in [0.25, 0.3) is 0 Å². The average Bonchev–Trinajstić information content (AvgIpc) is 2.09. The molecule has 1 fully saturated rings. The molecule has 0 aromatic heterocycles. The fraction of sp³-hybridized carbons (Fsp3) is 0.889. The van der Waals surface area contributed by atoms with Gasteiger partial charge in [-0.2, -0.15) is 0 Å². The summed E-state index contributed by atoms with van der Waals surface area (Å²) in [5.41, 5.74) is -0.150. The maximum Gasteiger partial charge on any atom is 0.307 e. The molecule has 0 aliphatic carbocycles. The van der Waals surface area contributed by atoms with Crippen LogP contribution >= 0.6 is 0 Å². The van der Waals surface area contributed by atoms with Crippen LogP contribution in [0, 0.1) is 0 Å². The highest BCUT2D eigenvalue weighted by atomic mass is 16.5. The minimum atomic E-state index is -0.174. The maximum absolute atomic E-state index is 11.1. The molecule has 0 unspecified atom stereocenters. The Balaban J connectivity index is 2.35. The molecule has 0 amide bonds. The molecule has 1 heterocycles. The Morgan fingerprint density at radius 3 is 2.69 bits per heavy atom. The highest BCUT2D eigenvalue weighted by Crippen LogP contribution is 2.21. The molecule has 0 aromatic carbocycles. The van der Waals surface area contributed by atoms with Gasteiger partial charge in [0.15, 0.2) is 0 Å². The van der Waals surface area contributed by atoms with Gasteiger partial charge in [-0.3, -0.25) is 4.79 Å². The lowest BCUT2D eigenvalue weighted by molar-refractivity contribution is -0.150. The average molecular weight is 187 g/mol. The molecule has 4 heteroatoms. The van der Waals surface area contributed by atoms with Gasteiger partial charge >= 0.3 is 5.97 Å². The third kappa shape index (κ3) is 2.67. The molecule has 13 heavy (non-hydrogen) atoms. The molecule has 0 aromatic rings. The van der Waals surface area contributed by atoms with Gasteiger partial charge in [-0.1, -0.05) is 6.92 Å². The number of esters is 1. The summed E-state index contributed by atoms with van der Waals surface area (Å²) in [6.07, 6.45) is 1.46. The van der Waals surface area contributed by atoms with E-state index in [1.165, 1.54) is 7.11 Å². The van der Waals surface area contributed by atoms with Crippen molar-refractivity contribution in [3.05, 3.63) is 0 Å². The molecule has 1 saturated heterocycles. The molecule has 1 N–H and O–H groups in total. The molecule has 0 saturated carbocycles. The van der Waals surface area contributed by atoms with Crippen LogP contribution in [-0.4, -0.2) is 38.4 Å². The molecule has 76 valence electrons. The number of nitrogens with one attached hydrogen (secondary N) is 1. The predicted molar refractivity (Wildman–Crippen MR) is 48.5 cm³/mol. The summed E-state index contributed by atoms with van der Waals surface area (Å²) in [5, 5.41) is 3.32. The molecule has 1 rings (SSSR count). The summed E-state index contributed by atoms with van der Waals surface area (Å²) in [5.74, 6) is -0.174. The third-order valence-electron chi connectivity index (χ3n) is 2.22. The van der Waals surface area contributed by atoms with E-state index in [0.717, 1.165) is 13.0 Å². The third-order valence-corrected chi connectivity index (χ3v) is 2.22. The van der Waals surface area contributed by atoms with Crippen molar-refractivity contribution in [2.75, 3.05) is 26.9 Å². The van der Waals surface area contributed by atoms with E-state index in [1.54, 1.807) is 0 Å². The van der Waals surface area contributed by atoms with E-state index in [-0.39, 0.29) is 11.5 Å². The molecule has 1 aliphatic heterocycles. The number of ether oxygens (including phenoxy) is 2. The Hall–Kier alpha value is -0.610. The SMILES string of the molecule is CCCNC1(CC(=O)OC)COC1. The van der Waals surface area contributed by atoms with Crippen molar-refractivity contribution >= 4 is 5.97 Å². The summed E-state index contributed by atoms with van der Waals surface area (Å²) in [7, 11) is 1.41. The number of methoxy groups -OCH3 is 1. The number of hydrogen-bond acceptors (Lipinski definition) is 4. The monoisotopic (exact) mass is 187 g/mol. The quantitative estimate of drug-likeness (QED) is 0.630. The zero-order valence-corrected chi connectivity index (χ0v) is 8.26. The van der Waals surface area contributed by atoms with Gasteiger partial charge in [-0.05, 0) is 13.0 Å². The van der Waals surface area contributed by atoms with E-state index < -0.39 is 0 Å². The van der Waals surface area contributed by atoms with Gasteiger partial charge in [0.1, 0.15) is 0 Å². The Morgan fingerprint density at radius 1 is 1.62 bits per heavy atom. The first-order valence-electron chi connectivity index (χ1n) is 4.62. The van der Waals surface area contributed by atoms with Crippen molar-refractivity contribution in [2.45, 2.75) is 25.3 Å². The second-order valence-electron chi connectivity index (χ2n) is 3.45. The summed E-state index contributed by atoms with van der Waals surface area (Å²) in [6.45, 7) is 4.24. The van der Waals surface area contributed by atoms with Crippen LogP contribution in [0.2, 0.25) is 0 Å². The number of hydrogen-bond donors (Lipinski definition) is 1. The zero-order chi connectivity index (χ0) is 9.73. The van der Waals surface area contributed by atoms with E-state index in [2.05, 4.69) is 17.0 Å². The topological polar surface area (TPSA) is 47.6 Å². The Labute approximate surface area is 78.6 Å². The van der Waals surface area contributed by atoms with Crippen LogP contribution in [-0.2, 0) is 14.3 Å². The van der Waals surface area contributed by atoms with Gasteiger partial charge in [0.2, 0.25) is 0 Å². The smallest absolute Gasteiger partial charge is 0.307 e. The standard InChI is InChI=1S/C9H17NO3/c1-3-4-10-9(6-13-7-9)5-8(11)12-2/h10H,3-7H2,1-2H3. The first kappa shape index (κ1) is 10.5. The molecule has 1 aliphatic rings. The molecular weight excluding hydrogens is 170 g/mol. The lowest BCUT2D eigenvalue weighted by Crippen LogP contribution is -2.61. The van der Waals surface area contributed by atoms with Gasteiger partial charge in [0.05, 0.1) is 32.3 Å². The van der Waals surface area contributed by atoms with Gasteiger partial charge < -0.3 is 14.8 Å². The lowest BCUT2D eigenvalue weighted by Gasteiger charge is -2.41. The van der Waals surface area contributed by atoms with Crippen molar-refractivity contribution in [2.24, 2.45) is 0 Å². The van der Waals surface area contributed by atoms with Crippen LogP contribution in [0.15, 0.2) is 0 Å². The maximum atomic E-state index is 11.1. The largest absolute Gasteiger partial charge is 0.469 e. The number of carbonyl (C=O) groups is 1. The van der Waals surface area contributed by atoms with E-state index >= 15 is 0 Å². The predicted octanol–water partition coefficient (Wildman–Crippen LogP) is 0.318. The van der Waals surface area contributed by atoms with Crippen molar-refractivity contribution in [1.29, 1.82) is 0 Å². The van der Waals surface area contributed by atoms with Crippen LogP contribution in [0.5, 0.6) is 0 Å². The van der Waals surface area contributed by atoms with Gasteiger partial charge in [0, 0.05) is 0 Å². The van der Waals surface area contributed by atoms with Crippen LogP contribution < -0.4 is 5.32 Å². The highest BCUT2D eigenvalue weighted by molar-refractivity contribution is 5.71. The molecular formula is C9H17NO3. The van der Waals surface area contributed by atoms with Crippen molar-refractivity contribution in [3.8, 4) is 0 Å². The number of rotatable bonds is 5. The van der Waals surface area contributed by atoms with Crippen LogP contribution in [0.4, 0.5) is 0 Å². The lowest BCUT2D eigenvalue weighted by atomic mass is 9.93. The summed E-state index contributed by atoms with van der Waals surface area (Å²) >= 11 is 0. The Kier molecular flexibility index (Phi) is 3.69. The summed E-state index contributed by atoms with van der Waals surface area (Å²) < 4.78 is 9.74. The van der Waals surface area contributed by atoms with Gasteiger partial charge in [-0.15, -0.1) is 0 Å². The zero-order valence-electron chi connectivity index (χ0n) is 8.26. The summed E-state index contributed by atoms with van der Waals surface area (Å²) in [6, 6.07) is 0. The second kappa shape index (κ2) is 4.58. The molecule has 4 nitrogen and oxygen atoms in total. The highest BCUT2D eigenvalue weighted by Gasteiger charge is 2.40. The van der Waals surface area contributed by atoms with Crippen LogP contribution in [0.3, 0.4) is 0 Å². The minimum Gasteiger partial charge on any atom is -0.469 e. The van der Waals surface area contributed by atoms with Crippen molar-refractivity contribution < 1.29 is 14.3 Å². The molecule has 0 bridgehead atoms. The van der Waals surface area contributed by atoms with E-state index in [9.17, 15) is 4.79 Å². The van der Waals surface area contributed by atoms with Crippen LogP contribution in [0.25, 0.3) is 0 Å². The Morgan fingerprint density at radius 2 is 2.31 bits per heavy atom. The first-order chi connectivity index (χ1) is 6.22. The number of carbonyl (C=O) groups excluding carboxylic acids is 1.